The van der Waals surface area contributed by atoms with Crippen LogP contribution in [0.4, 0.5) is 8.78 Å². The number of fused-ring (bicyclic) bond motifs is 1. The summed E-state index contributed by atoms with van der Waals surface area (Å²) in [4.78, 5) is 18.7. The zero-order valence-electron chi connectivity index (χ0n) is 20.8. The number of carboxylic acids is 1. The van der Waals surface area contributed by atoms with Crippen LogP contribution < -0.4 is 4.74 Å². The maximum absolute atomic E-state index is 14.1. The average molecular weight is 511 g/mol. The molecule has 1 aliphatic carbocycles. The summed E-state index contributed by atoms with van der Waals surface area (Å²) in [7, 11) is 1.59. The highest BCUT2D eigenvalue weighted by atomic mass is 19.1. The van der Waals surface area contributed by atoms with Gasteiger partial charge in [0.15, 0.2) is 0 Å². The lowest BCUT2D eigenvalue weighted by atomic mass is 9.81. The third kappa shape index (κ3) is 5.60. The molecule has 6 nitrogen and oxygen atoms in total. The maximum atomic E-state index is 14.1. The third-order valence-corrected chi connectivity index (χ3v) is 8.08. The van der Waals surface area contributed by atoms with Crippen molar-refractivity contribution in [3.8, 4) is 5.75 Å². The number of halogens is 2. The average Bonchev–Trinajstić information content (AvgIpc) is 3.66. The van der Waals surface area contributed by atoms with Gasteiger partial charge in [-0.3, -0.25) is 9.78 Å². The summed E-state index contributed by atoms with van der Waals surface area (Å²) in [5.41, 5.74) is 1.95. The minimum Gasteiger partial charge on any atom is -0.497 e. The van der Waals surface area contributed by atoms with Gasteiger partial charge in [0.05, 0.1) is 24.6 Å². The Hall–Kier alpha value is -3.10. The number of carbonyl (C=O) groups is 1. The highest BCUT2D eigenvalue weighted by molar-refractivity contribution is 5.83. The van der Waals surface area contributed by atoms with Gasteiger partial charge in [-0.1, -0.05) is 0 Å². The first-order valence-electron chi connectivity index (χ1n) is 12.8. The summed E-state index contributed by atoms with van der Waals surface area (Å²) in [6.45, 7) is 1.87. The van der Waals surface area contributed by atoms with Gasteiger partial charge in [-0.15, -0.1) is 0 Å². The number of hydrogen-bond acceptors (Lipinski definition) is 5. The molecule has 3 aromatic rings. The zero-order chi connectivity index (χ0) is 26.1. The summed E-state index contributed by atoms with van der Waals surface area (Å²) < 4.78 is 33.0. The van der Waals surface area contributed by atoms with Crippen LogP contribution in [-0.2, 0) is 4.79 Å². The van der Waals surface area contributed by atoms with Crippen molar-refractivity contribution in [2.24, 2.45) is 17.8 Å². The first-order valence-corrected chi connectivity index (χ1v) is 12.8. The maximum Gasteiger partial charge on any atom is 0.308 e. The summed E-state index contributed by atoms with van der Waals surface area (Å²) in [6, 6.07) is 10.9. The van der Waals surface area contributed by atoms with Gasteiger partial charge in [0.25, 0.3) is 0 Å². The SMILES string of the molecule is COc1ccc2nccc(C(O)CCC3CCN(CC4CC4c4cc(F)ccc4F)CC3C(=O)O)c2c1. The number of piperidine rings is 1. The largest absolute Gasteiger partial charge is 0.497 e. The van der Waals surface area contributed by atoms with Crippen LogP contribution >= 0.6 is 0 Å². The Bertz CT molecular complexity index is 1290. The molecule has 5 unspecified atom stereocenters. The lowest BCUT2D eigenvalue weighted by molar-refractivity contribution is -0.146. The number of pyridine rings is 1. The molecule has 8 heteroatoms. The van der Waals surface area contributed by atoms with Gasteiger partial charge >= 0.3 is 5.97 Å². The molecule has 2 aromatic carbocycles. The Balaban J connectivity index is 1.19. The van der Waals surface area contributed by atoms with Crippen molar-refractivity contribution >= 4 is 16.9 Å². The van der Waals surface area contributed by atoms with Crippen LogP contribution in [0.5, 0.6) is 5.75 Å². The molecule has 5 rings (SSSR count). The fraction of sp³-hybridized carbons (Fsp3) is 0.448. The number of aliphatic hydroxyl groups excluding tert-OH is 1. The second-order valence-corrected chi connectivity index (χ2v) is 10.4. The van der Waals surface area contributed by atoms with Crippen molar-refractivity contribution in [1.82, 2.24) is 9.88 Å². The van der Waals surface area contributed by atoms with Crippen LogP contribution in [0.15, 0.2) is 48.7 Å². The van der Waals surface area contributed by atoms with Crippen LogP contribution in [-0.4, -0.2) is 52.8 Å². The Kier molecular flexibility index (Phi) is 7.40. The lowest BCUT2D eigenvalue weighted by Crippen LogP contribution is -2.44. The van der Waals surface area contributed by atoms with Gasteiger partial charge in [-0.25, -0.2) is 8.78 Å². The van der Waals surface area contributed by atoms with E-state index in [-0.39, 0.29) is 23.6 Å². The van der Waals surface area contributed by atoms with E-state index in [1.807, 2.05) is 18.2 Å². The molecule has 0 amide bonds. The smallest absolute Gasteiger partial charge is 0.308 e. The van der Waals surface area contributed by atoms with E-state index < -0.39 is 23.8 Å². The van der Waals surface area contributed by atoms with Crippen LogP contribution in [0, 0.1) is 29.4 Å². The second-order valence-electron chi connectivity index (χ2n) is 10.4. The van der Waals surface area contributed by atoms with Crippen molar-refractivity contribution in [3.63, 3.8) is 0 Å². The number of hydrogen-bond donors (Lipinski definition) is 2. The van der Waals surface area contributed by atoms with E-state index in [0.29, 0.717) is 37.2 Å². The number of methoxy groups -OCH3 is 1. The monoisotopic (exact) mass is 510 g/mol. The van der Waals surface area contributed by atoms with Gasteiger partial charge in [0.1, 0.15) is 17.4 Å². The molecule has 37 heavy (non-hydrogen) atoms. The molecule has 0 radical (unpaired) electrons. The molecule has 0 spiro atoms. The number of nitrogens with zero attached hydrogens (tertiary/aromatic N) is 2. The Morgan fingerprint density at radius 3 is 2.81 bits per heavy atom. The number of benzene rings is 2. The van der Waals surface area contributed by atoms with Gasteiger partial charge < -0.3 is 19.8 Å². The topological polar surface area (TPSA) is 82.9 Å². The van der Waals surface area contributed by atoms with Gasteiger partial charge in [-0.05, 0) is 104 Å². The van der Waals surface area contributed by atoms with E-state index >= 15 is 0 Å². The Morgan fingerprint density at radius 2 is 2.03 bits per heavy atom. The quantitative estimate of drug-likeness (QED) is 0.414. The number of aliphatic hydroxyl groups is 1. The standard InChI is InChI=1S/C29H32F2N2O4/c1-37-20-4-6-27-24(14-20)21(8-10-32-27)28(34)7-2-17-9-11-33(16-25(17)29(35)36)15-18-12-22(18)23-13-19(30)3-5-26(23)31/h3-6,8,10,13-14,17-18,22,25,28,34H,2,7,9,11-12,15-16H2,1H3,(H,35,36). The zero-order valence-corrected chi connectivity index (χ0v) is 20.8. The molecule has 1 saturated carbocycles. The Labute approximate surface area is 214 Å². The summed E-state index contributed by atoms with van der Waals surface area (Å²) in [5, 5.41) is 21.8. The van der Waals surface area contributed by atoms with Crippen molar-refractivity contribution < 1.29 is 28.5 Å². The molecular weight excluding hydrogens is 478 g/mol. The van der Waals surface area contributed by atoms with Gasteiger partial charge in [-0.2, -0.15) is 0 Å². The summed E-state index contributed by atoms with van der Waals surface area (Å²) in [6.07, 6.45) is 3.50. The molecule has 1 aliphatic heterocycles. The number of carboxylic acid groups (broad SMARTS) is 1. The molecule has 0 bridgehead atoms. The van der Waals surface area contributed by atoms with Crippen LogP contribution in [0.2, 0.25) is 0 Å². The highest BCUT2D eigenvalue weighted by Gasteiger charge is 2.43. The molecule has 2 aliphatic rings. The molecule has 5 atom stereocenters. The van der Waals surface area contributed by atoms with Crippen LogP contribution in [0.1, 0.15) is 48.8 Å². The third-order valence-electron chi connectivity index (χ3n) is 8.08. The van der Waals surface area contributed by atoms with Crippen LogP contribution in [0.25, 0.3) is 10.9 Å². The first kappa shape index (κ1) is 25.5. The number of aromatic nitrogens is 1. The number of likely N-dealkylation sites (tertiary alicyclic amines) is 1. The van der Waals surface area contributed by atoms with E-state index in [0.717, 1.165) is 41.9 Å². The van der Waals surface area contributed by atoms with E-state index in [1.54, 1.807) is 19.4 Å². The molecule has 2 heterocycles. The number of ether oxygens (including phenoxy) is 1. The van der Waals surface area contributed by atoms with Crippen molar-refractivity contribution in [2.45, 2.75) is 37.7 Å². The normalized spacial score (nSPS) is 24.6. The molecule has 2 N–H and O–H groups in total. The van der Waals surface area contributed by atoms with E-state index in [2.05, 4.69) is 9.88 Å². The highest BCUT2D eigenvalue weighted by Crippen LogP contribution is 2.49. The summed E-state index contributed by atoms with van der Waals surface area (Å²) >= 11 is 0. The molecule has 1 saturated heterocycles. The van der Waals surface area contributed by atoms with Crippen LogP contribution in [0.3, 0.4) is 0 Å². The first-order chi connectivity index (χ1) is 17.8. The molecular formula is C29H32F2N2O4. The summed E-state index contributed by atoms with van der Waals surface area (Å²) in [5.74, 6) is -1.33. The lowest BCUT2D eigenvalue weighted by Gasteiger charge is -2.37. The fourth-order valence-electron chi connectivity index (χ4n) is 5.91. The van der Waals surface area contributed by atoms with Crippen molar-refractivity contribution in [3.05, 3.63) is 71.4 Å². The molecule has 2 fully saturated rings. The number of rotatable bonds is 9. The predicted molar refractivity (Wildman–Crippen MR) is 135 cm³/mol. The molecule has 196 valence electrons. The predicted octanol–water partition coefficient (Wildman–Crippen LogP) is 5.16. The van der Waals surface area contributed by atoms with Gasteiger partial charge in [0.2, 0.25) is 0 Å². The fourth-order valence-corrected chi connectivity index (χ4v) is 5.91. The van der Waals surface area contributed by atoms with Crippen molar-refractivity contribution in [2.75, 3.05) is 26.7 Å². The van der Waals surface area contributed by atoms with E-state index in [4.69, 9.17) is 4.74 Å². The minimum absolute atomic E-state index is 0.0133. The minimum atomic E-state index is -0.827. The molecule has 1 aromatic heterocycles. The van der Waals surface area contributed by atoms with Gasteiger partial charge in [0, 0.05) is 24.7 Å². The van der Waals surface area contributed by atoms with Crippen molar-refractivity contribution in [1.29, 1.82) is 0 Å². The second kappa shape index (κ2) is 10.7. The van der Waals surface area contributed by atoms with E-state index in [1.165, 1.54) is 12.1 Å². The van der Waals surface area contributed by atoms with E-state index in [9.17, 15) is 23.8 Å². The number of aliphatic carboxylic acids is 1. The Morgan fingerprint density at radius 1 is 1.19 bits per heavy atom.